The lowest BCUT2D eigenvalue weighted by atomic mass is 10.00. The summed E-state index contributed by atoms with van der Waals surface area (Å²) in [4.78, 5) is 11.0. The van der Waals surface area contributed by atoms with Crippen LogP contribution in [0.3, 0.4) is 0 Å². The highest BCUT2D eigenvalue weighted by molar-refractivity contribution is 5.72. The topological polar surface area (TPSA) is 38.3 Å². The summed E-state index contributed by atoms with van der Waals surface area (Å²) in [7, 11) is 1.72. The van der Waals surface area contributed by atoms with Crippen molar-refractivity contribution in [1.82, 2.24) is 5.32 Å². The molecule has 3 heteroatoms. The van der Waals surface area contributed by atoms with Crippen molar-refractivity contribution in [2.75, 3.05) is 13.7 Å². The first kappa shape index (κ1) is 11.1. The van der Waals surface area contributed by atoms with E-state index in [-0.39, 0.29) is 11.5 Å². The number of hydrogen-bond donors (Lipinski definition) is 1. The molecular formula is C13H17NO2. The number of nitrogens with one attached hydrogen (secondary N) is 1. The Hall–Kier alpha value is -1.35. The fourth-order valence-electron chi connectivity index (χ4n) is 2.29. The number of methoxy groups -OCH3 is 1. The van der Waals surface area contributed by atoms with Gasteiger partial charge in [-0.25, -0.2) is 0 Å². The Morgan fingerprint density at radius 1 is 1.38 bits per heavy atom. The van der Waals surface area contributed by atoms with E-state index in [1.54, 1.807) is 7.11 Å². The highest BCUT2D eigenvalue weighted by Gasteiger charge is 2.37. The molecule has 86 valence electrons. The maximum atomic E-state index is 11.0. The minimum atomic E-state index is -0.255. The molecule has 1 aliphatic carbocycles. The first-order chi connectivity index (χ1) is 7.65. The molecule has 2 rings (SSSR count). The number of amides is 1. The average molecular weight is 219 g/mol. The normalized spacial score (nSPS) is 16.9. The predicted molar refractivity (Wildman–Crippen MR) is 62.3 cm³/mol. The number of carbonyl (C=O) groups is 1. The van der Waals surface area contributed by atoms with E-state index in [9.17, 15) is 4.79 Å². The number of rotatable bonds is 3. The van der Waals surface area contributed by atoms with Gasteiger partial charge in [0.2, 0.25) is 5.91 Å². The molecule has 16 heavy (non-hydrogen) atoms. The molecule has 1 aromatic carbocycles. The van der Waals surface area contributed by atoms with Crippen molar-refractivity contribution >= 4 is 5.91 Å². The third-order valence-electron chi connectivity index (χ3n) is 3.24. The molecule has 0 fully saturated rings. The SMILES string of the molecule is COC1(CNC(C)=O)Cc2ccccc2C1. The first-order valence-electron chi connectivity index (χ1n) is 5.52. The van der Waals surface area contributed by atoms with Crippen LogP contribution in [0.4, 0.5) is 0 Å². The van der Waals surface area contributed by atoms with Gasteiger partial charge in [-0.2, -0.15) is 0 Å². The summed E-state index contributed by atoms with van der Waals surface area (Å²) in [6.07, 6.45) is 1.75. The van der Waals surface area contributed by atoms with Crippen LogP contribution in [0.15, 0.2) is 24.3 Å². The van der Waals surface area contributed by atoms with Gasteiger partial charge in [0.15, 0.2) is 0 Å². The van der Waals surface area contributed by atoms with Gasteiger partial charge in [0.1, 0.15) is 0 Å². The lowest BCUT2D eigenvalue weighted by Gasteiger charge is -2.27. The Morgan fingerprint density at radius 3 is 2.38 bits per heavy atom. The minimum Gasteiger partial charge on any atom is -0.376 e. The molecular weight excluding hydrogens is 202 g/mol. The van der Waals surface area contributed by atoms with Crippen LogP contribution in [-0.4, -0.2) is 25.2 Å². The molecule has 1 amide bonds. The smallest absolute Gasteiger partial charge is 0.216 e. The summed E-state index contributed by atoms with van der Waals surface area (Å²) in [6.45, 7) is 2.11. The monoisotopic (exact) mass is 219 g/mol. The van der Waals surface area contributed by atoms with Crippen LogP contribution in [-0.2, 0) is 22.4 Å². The molecule has 1 N–H and O–H groups in total. The number of fused-ring (bicyclic) bond motifs is 1. The van der Waals surface area contributed by atoms with E-state index >= 15 is 0 Å². The van der Waals surface area contributed by atoms with Gasteiger partial charge in [-0.15, -0.1) is 0 Å². The summed E-state index contributed by atoms with van der Waals surface area (Å²) in [6, 6.07) is 8.35. The summed E-state index contributed by atoms with van der Waals surface area (Å²) in [5.74, 6) is -0.00705. The van der Waals surface area contributed by atoms with Crippen LogP contribution in [0, 0.1) is 0 Å². The zero-order valence-corrected chi connectivity index (χ0v) is 9.75. The maximum absolute atomic E-state index is 11.0. The van der Waals surface area contributed by atoms with E-state index in [1.165, 1.54) is 18.1 Å². The van der Waals surface area contributed by atoms with Gasteiger partial charge in [0.05, 0.1) is 5.60 Å². The highest BCUT2D eigenvalue weighted by atomic mass is 16.5. The van der Waals surface area contributed by atoms with Crippen molar-refractivity contribution in [3.8, 4) is 0 Å². The number of hydrogen-bond acceptors (Lipinski definition) is 2. The van der Waals surface area contributed by atoms with E-state index in [0.717, 1.165) is 12.8 Å². The lowest BCUT2D eigenvalue weighted by molar-refractivity contribution is -0.120. The Kier molecular flexibility index (Phi) is 2.97. The number of ether oxygens (including phenoxy) is 1. The van der Waals surface area contributed by atoms with Gasteiger partial charge < -0.3 is 10.1 Å². The van der Waals surface area contributed by atoms with Gasteiger partial charge in [0, 0.05) is 33.4 Å². The van der Waals surface area contributed by atoms with Gasteiger partial charge in [-0.3, -0.25) is 4.79 Å². The Labute approximate surface area is 95.8 Å². The zero-order chi connectivity index (χ0) is 11.6. The molecule has 0 saturated carbocycles. The molecule has 0 radical (unpaired) electrons. The van der Waals surface area contributed by atoms with Crippen molar-refractivity contribution in [3.63, 3.8) is 0 Å². The molecule has 0 saturated heterocycles. The fraction of sp³-hybridized carbons (Fsp3) is 0.462. The van der Waals surface area contributed by atoms with E-state index in [1.807, 2.05) is 12.1 Å². The van der Waals surface area contributed by atoms with Gasteiger partial charge in [0.25, 0.3) is 0 Å². The largest absolute Gasteiger partial charge is 0.376 e. The predicted octanol–water partition coefficient (Wildman–Crippen LogP) is 1.31. The number of carbonyl (C=O) groups excluding carboxylic acids is 1. The van der Waals surface area contributed by atoms with Crippen molar-refractivity contribution in [3.05, 3.63) is 35.4 Å². The fourth-order valence-corrected chi connectivity index (χ4v) is 2.29. The molecule has 0 aliphatic heterocycles. The van der Waals surface area contributed by atoms with E-state index in [0.29, 0.717) is 6.54 Å². The molecule has 1 aliphatic rings. The summed E-state index contributed by atoms with van der Waals surface area (Å²) in [5, 5.41) is 2.85. The van der Waals surface area contributed by atoms with E-state index in [4.69, 9.17) is 4.74 Å². The second-order valence-corrected chi connectivity index (χ2v) is 4.42. The van der Waals surface area contributed by atoms with Crippen LogP contribution in [0.25, 0.3) is 0 Å². The average Bonchev–Trinajstić information content (AvgIpc) is 2.65. The molecule has 0 spiro atoms. The van der Waals surface area contributed by atoms with Crippen LogP contribution in [0.2, 0.25) is 0 Å². The molecule has 0 aromatic heterocycles. The third-order valence-corrected chi connectivity index (χ3v) is 3.24. The van der Waals surface area contributed by atoms with Crippen LogP contribution in [0.1, 0.15) is 18.1 Å². The highest BCUT2D eigenvalue weighted by Crippen LogP contribution is 2.31. The van der Waals surface area contributed by atoms with Crippen molar-refractivity contribution < 1.29 is 9.53 Å². The quantitative estimate of drug-likeness (QED) is 0.832. The van der Waals surface area contributed by atoms with Crippen LogP contribution in [0.5, 0.6) is 0 Å². The molecule has 0 heterocycles. The first-order valence-corrected chi connectivity index (χ1v) is 5.52. The van der Waals surface area contributed by atoms with Gasteiger partial charge in [-0.1, -0.05) is 24.3 Å². The van der Waals surface area contributed by atoms with E-state index in [2.05, 4.69) is 17.4 Å². The maximum Gasteiger partial charge on any atom is 0.216 e. The molecule has 1 aromatic rings. The standard InChI is InChI=1S/C13H17NO2/c1-10(15)14-9-13(16-2)7-11-5-3-4-6-12(11)8-13/h3-6H,7-9H2,1-2H3,(H,14,15). The summed E-state index contributed by atoms with van der Waals surface area (Å²) in [5.41, 5.74) is 2.40. The van der Waals surface area contributed by atoms with Gasteiger partial charge in [-0.05, 0) is 11.1 Å². The second-order valence-electron chi connectivity index (χ2n) is 4.42. The summed E-state index contributed by atoms with van der Waals surface area (Å²) >= 11 is 0. The van der Waals surface area contributed by atoms with Crippen molar-refractivity contribution in [2.24, 2.45) is 0 Å². The summed E-state index contributed by atoms with van der Waals surface area (Å²) < 4.78 is 5.62. The third kappa shape index (κ3) is 2.09. The second kappa shape index (κ2) is 4.26. The zero-order valence-electron chi connectivity index (χ0n) is 9.75. The molecule has 0 unspecified atom stereocenters. The number of benzene rings is 1. The van der Waals surface area contributed by atoms with Crippen molar-refractivity contribution in [2.45, 2.75) is 25.4 Å². The molecule has 0 bridgehead atoms. The van der Waals surface area contributed by atoms with Crippen molar-refractivity contribution in [1.29, 1.82) is 0 Å². The Bertz CT molecular complexity index is 376. The van der Waals surface area contributed by atoms with Crippen LogP contribution >= 0.6 is 0 Å². The van der Waals surface area contributed by atoms with Gasteiger partial charge >= 0.3 is 0 Å². The Balaban J connectivity index is 2.13. The molecule has 0 atom stereocenters. The van der Waals surface area contributed by atoms with Crippen LogP contribution < -0.4 is 5.32 Å². The lowest BCUT2D eigenvalue weighted by Crippen LogP contribution is -2.44. The molecule has 3 nitrogen and oxygen atoms in total. The van der Waals surface area contributed by atoms with E-state index < -0.39 is 0 Å². The Morgan fingerprint density at radius 2 is 1.94 bits per heavy atom. The minimum absolute atomic E-state index is 0.00705.